The van der Waals surface area contributed by atoms with Gasteiger partial charge in [0.05, 0.1) is 0 Å². The molecule has 0 atom stereocenters. The third-order valence-electron chi connectivity index (χ3n) is 6.92. The molecule has 0 radical (unpaired) electrons. The summed E-state index contributed by atoms with van der Waals surface area (Å²) in [6.07, 6.45) is 13.1. The van der Waals surface area contributed by atoms with Gasteiger partial charge in [0.25, 0.3) is 6.08 Å². The van der Waals surface area contributed by atoms with Crippen LogP contribution in [0.4, 0.5) is 8.78 Å². The Labute approximate surface area is 138 Å². The molecule has 0 saturated heterocycles. The van der Waals surface area contributed by atoms with E-state index in [4.69, 9.17) is 0 Å². The Bertz CT molecular complexity index is 415. The van der Waals surface area contributed by atoms with E-state index >= 15 is 0 Å². The lowest BCUT2D eigenvalue weighted by Crippen LogP contribution is -2.29. The summed E-state index contributed by atoms with van der Waals surface area (Å²) in [5.41, 5.74) is 0. The Hall–Kier alpha value is -0.730. The van der Waals surface area contributed by atoms with Crippen LogP contribution in [0.25, 0.3) is 0 Å². The Morgan fingerprint density at radius 3 is 1.52 bits per heavy atom. The lowest BCUT2D eigenvalue weighted by Gasteiger charge is -2.40. The average Bonchev–Trinajstić information content (AvgIpc) is 2.56. The highest BCUT2D eigenvalue weighted by molar-refractivity contribution is 5.79. The summed E-state index contributed by atoms with van der Waals surface area (Å²) in [7, 11) is 0. The predicted octanol–water partition coefficient (Wildman–Crippen LogP) is 6.14. The number of rotatable bonds is 3. The second kappa shape index (κ2) is 7.90. The van der Waals surface area contributed by atoms with E-state index in [1.54, 1.807) is 0 Å². The minimum absolute atomic E-state index is 0.118. The van der Waals surface area contributed by atoms with Crippen molar-refractivity contribution in [2.75, 3.05) is 0 Å². The molecule has 3 aliphatic carbocycles. The molecular weight excluding hydrogens is 294 g/mol. The first-order valence-electron chi connectivity index (χ1n) is 9.66. The average molecular weight is 324 g/mol. The molecule has 3 rings (SSSR count). The SMILES string of the molecule is O=C1CCC(C2CCC(C3CCC(C=C(F)F)CC3)CC2)CC1. The zero-order valence-corrected chi connectivity index (χ0v) is 14.1. The summed E-state index contributed by atoms with van der Waals surface area (Å²) >= 11 is 0. The third kappa shape index (κ3) is 4.64. The molecular formula is C20H30F2O. The van der Waals surface area contributed by atoms with Crippen LogP contribution in [0.5, 0.6) is 0 Å². The van der Waals surface area contributed by atoms with E-state index in [0.717, 1.165) is 75.0 Å². The Kier molecular flexibility index (Phi) is 5.87. The van der Waals surface area contributed by atoms with Gasteiger partial charge in [-0.15, -0.1) is 0 Å². The van der Waals surface area contributed by atoms with Gasteiger partial charge >= 0.3 is 0 Å². The number of allylic oxidation sites excluding steroid dienone is 1. The van der Waals surface area contributed by atoms with Crippen LogP contribution in [0.15, 0.2) is 12.2 Å². The van der Waals surface area contributed by atoms with E-state index in [1.807, 2.05) is 0 Å². The minimum Gasteiger partial charge on any atom is -0.300 e. The lowest BCUT2D eigenvalue weighted by molar-refractivity contribution is -0.121. The van der Waals surface area contributed by atoms with Gasteiger partial charge in [0.2, 0.25) is 0 Å². The summed E-state index contributed by atoms with van der Waals surface area (Å²) in [6.45, 7) is 0. The van der Waals surface area contributed by atoms with Crippen molar-refractivity contribution in [2.24, 2.45) is 29.6 Å². The molecule has 0 unspecified atom stereocenters. The van der Waals surface area contributed by atoms with Gasteiger partial charge in [0.15, 0.2) is 0 Å². The monoisotopic (exact) mass is 324 g/mol. The zero-order valence-electron chi connectivity index (χ0n) is 14.1. The number of carbonyl (C=O) groups excluding carboxylic acids is 1. The molecule has 130 valence electrons. The normalized spacial score (nSPS) is 36.7. The van der Waals surface area contributed by atoms with E-state index in [1.165, 1.54) is 31.8 Å². The van der Waals surface area contributed by atoms with Gasteiger partial charge in [0, 0.05) is 12.8 Å². The molecule has 3 heteroatoms. The highest BCUT2D eigenvalue weighted by atomic mass is 19.3. The second-order valence-corrected chi connectivity index (χ2v) is 8.18. The van der Waals surface area contributed by atoms with E-state index in [9.17, 15) is 13.6 Å². The first kappa shape index (κ1) is 17.1. The van der Waals surface area contributed by atoms with Crippen molar-refractivity contribution in [3.05, 3.63) is 12.2 Å². The molecule has 3 saturated carbocycles. The number of hydrogen-bond acceptors (Lipinski definition) is 1. The van der Waals surface area contributed by atoms with E-state index in [0.29, 0.717) is 5.78 Å². The summed E-state index contributed by atoms with van der Waals surface area (Å²) in [6, 6.07) is 0. The van der Waals surface area contributed by atoms with Crippen molar-refractivity contribution in [1.29, 1.82) is 0 Å². The molecule has 3 aliphatic rings. The number of halogens is 2. The maximum Gasteiger partial charge on any atom is 0.266 e. The molecule has 0 bridgehead atoms. The fourth-order valence-electron chi connectivity index (χ4n) is 5.48. The molecule has 0 amide bonds. The Morgan fingerprint density at radius 1 is 0.696 bits per heavy atom. The molecule has 0 spiro atoms. The van der Waals surface area contributed by atoms with Crippen molar-refractivity contribution >= 4 is 5.78 Å². The molecule has 0 aromatic carbocycles. The first-order chi connectivity index (χ1) is 11.1. The minimum atomic E-state index is -1.50. The van der Waals surface area contributed by atoms with Crippen molar-refractivity contribution in [1.82, 2.24) is 0 Å². The molecule has 23 heavy (non-hydrogen) atoms. The van der Waals surface area contributed by atoms with Crippen LogP contribution in [0.3, 0.4) is 0 Å². The number of ketones is 1. The largest absolute Gasteiger partial charge is 0.300 e. The van der Waals surface area contributed by atoms with E-state index < -0.39 is 6.08 Å². The first-order valence-corrected chi connectivity index (χ1v) is 9.66. The zero-order chi connectivity index (χ0) is 16.2. The molecule has 0 aromatic rings. The molecule has 0 heterocycles. The summed E-state index contributed by atoms with van der Waals surface area (Å²) in [5.74, 6) is 3.83. The number of hydrogen-bond donors (Lipinski definition) is 0. The summed E-state index contributed by atoms with van der Waals surface area (Å²) in [5, 5.41) is 0. The van der Waals surface area contributed by atoms with Crippen LogP contribution in [-0.4, -0.2) is 5.78 Å². The van der Waals surface area contributed by atoms with Crippen LogP contribution in [0.2, 0.25) is 0 Å². The topological polar surface area (TPSA) is 17.1 Å². The Morgan fingerprint density at radius 2 is 1.09 bits per heavy atom. The van der Waals surface area contributed by atoms with Gasteiger partial charge < -0.3 is 0 Å². The van der Waals surface area contributed by atoms with E-state index in [2.05, 4.69) is 0 Å². The van der Waals surface area contributed by atoms with Gasteiger partial charge in [0.1, 0.15) is 5.78 Å². The maximum atomic E-state index is 12.4. The van der Waals surface area contributed by atoms with Crippen LogP contribution in [0, 0.1) is 29.6 Å². The Balaban J connectivity index is 1.41. The summed E-state index contributed by atoms with van der Waals surface area (Å²) < 4.78 is 24.7. The maximum absolute atomic E-state index is 12.4. The molecule has 0 N–H and O–H groups in total. The standard InChI is InChI=1S/C20H30F2O/c21-20(22)13-14-1-3-15(4-2-14)16-5-7-17(8-6-16)18-9-11-19(23)12-10-18/h13-18H,1-12H2. The second-order valence-electron chi connectivity index (χ2n) is 8.18. The fourth-order valence-corrected chi connectivity index (χ4v) is 5.48. The van der Waals surface area contributed by atoms with Crippen LogP contribution < -0.4 is 0 Å². The predicted molar refractivity (Wildman–Crippen MR) is 88.2 cm³/mol. The fraction of sp³-hybridized carbons (Fsp3) is 0.850. The number of carbonyl (C=O) groups is 1. The van der Waals surface area contributed by atoms with Gasteiger partial charge in [-0.05, 0) is 99.9 Å². The van der Waals surface area contributed by atoms with Crippen molar-refractivity contribution in [3.63, 3.8) is 0 Å². The van der Waals surface area contributed by atoms with Crippen LogP contribution in [-0.2, 0) is 4.79 Å². The van der Waals surface area contributed by atoms with Crippen LogP contribution in [0.1, 0.15) is 77.0 Å². The van der Waals surface area contributed by atoms with Gasteiger partial charge in [-0.3, -0.25) is 4.79 Å². The van der Waals surface area contributed by atoms with Gasteiger partial charge in [-0.1, -0.05) is 0 Å². The van der Waals surface area contributed by atoms with E-state index in [-0.39, 0.29) is 5.92 Å². The quantitative estimate of drug-likeness (QED) is 0.609. The number of Topliss-reactive ketones (excluding diaryl/α,β-unsaturated/α-hetero) is 1. The summed E-state index contributed by atoms with van der Waals surface area (Å²) in [4.78, 5) is 11.4. The molecule has 0 aliphatic heterocycles. The molecule has 1 nitrogen and oxygen atoms in total. The lowest BCUT2D eigenvalue weighted by atomic mass is 9.65. The van der Waals surface area contributed by atoms with Gasteiger partial charge in [-0.25, -0.2) is 0 Å². The van der Waals surface area contributed by atoms with Crippen LogP contribution >= 0.6 is 0 Å². The van der Waals surface area contributed by atoms with Crippen molar-refractivity contribution < 1.29 is 13.6 Å². The smallest absolute Gasteiger partial charge is 0.266 e. The van der Waals surface area contributed by atoms with Crippen molar-refractivity contribution in [2.45, 2.75) is 77.0 Å². The molecule has 0 aromatic heterocycles. The van der Waals surface area contributed by atoms with Gasteiger partial charge in [-0.2, -0.15) is 8.78 Å². The highest BCUT2D eigenvalue weighted by Crippen LogP contribution is 2.45. The highest BCUT2D eigenvalue weighted by Gasteiger charge is 2.34. The third-order valence-corrected chi connectivity index (χ3v) is 6.92. The van der Waals surface area contributed by atoms with Crippen molar-refractivity contribution in [3.8, 4) is 0 Å². The molecule has 3 fully saturated rings.